The van der Waals surface area contributed by atoms with Gasteiger partial charge in [-0.15, -0.1) is 0 Å². The van der Waals surface area contributed by atoms with Crippen LogP contribution in [-0.2, 0) is 4.79 Å². The molecule has 3 saturated carbocycles. The molecule has 5 atom stereocenters. The van der Waals surface area contributed by atoms with Crippen molar-refractivity contribution in [2.24, 2.45) is 34.8 Å². The van der Waals surface area contributed by atoms with E-state index in [9.17, 15) is 4.79 Å². The van der Waals surface area contributed by atoms with Crippen LogP contribution in [0.2, 0.25) is 0 Å². The van der Waals surface area contributed by atoms with E-state index >= 15 is 0 Å². The third-order valence-corrected chi connectivity index (χ3v) is 5.81. The first kappa shape index (κ1) is 11.5. The highest BCUT2D eigenvalue weighted by Crippen LogP contribution is 2.65. The van der Waals surface area contributed by atoms with E-state index in [-0.39, 0.29) is 11.3 Å². The van der Waals surface area contributed by atoms with E-state index in [2.05, 4.69) is 5.32 Å². The molecule has 5 unspecified atom stereocenters. The maximum atomic E-state index is 12.3. The van der Waals surface area contributed by atoms with Crippen LogP contribution >= 0.6 is 0 Å². The van der Waals surface area contributed by atoms with Crippen molar-refractivity contribution in [3.63, 3.8) is 0 Å². The smallest absolute Gasteiger partial charge is 0.227 e. The fraction of sp³-hybridized carbons (Fsp3) is 0.929. The van der Waals surface area contributed by atoms with Gasteiger partial charge in [-0.2, -0.15) is 0 Å². The highest BCUT2D eigenvalue weighted by Gasteiger charge is 2.65. The molecule has 0 aliphatic heterocycles. The van der Waals surface area contributed by atoms with E-state index in [4.69, 9.17) is 5.73 Å². The zero-order valence-corrected chi connectivity index (χ0v) is 10.9. The van der Waals surface area contributed by atoms with Gasteiger partial charge in [0.15, 0.2) is 0 Å². The van der Waals surface area contributed by atoms with Gasteiger partial charge in [-0.3, -0.25) is 4.79 Å². The Morgan fingerprint density at radius 2 is 1.94 bits per heavy atom. The van der Waals surface area contributed by atoms with Gasteiger partial charge in [-0.05, 0) is 56.3 Å². The molecule has 96 valence electrons. The van der Waals surface area contributed by atoms with Crippen molar-refractivity contribution in [3.8, 4) is 0 Å². The number of hydrogen-bond donors (Lipinski definition) is 2. The average Bonchev–Trinajstić information content (AvgIpc) is 2.76. The molecule has 3 aliphatic carbocycles. The molecule has 0 radical (unpaired) electrons. The Kier molecular flexibility index (Phi) is 2.51. The minimum atomic E-state index is -0.365. The largest absolute Gasteiger partial charge is 0.352 e. The summed E-state index contributed by atoms with van der Waals surface area (Å²) in [7, 11) is 0. The molecule has 2 bridgehead atoms. The zero-order chi connectivity index (χ0) is 12.2. The first-order valence-corrected chi connectivity index (χ1v) is 7.11. The number of fused-ring (bicyclic) bond motifs is 5. The van der Waals surface area contributed by atoms with Crippen LogP contribution < -0.4 is 11.1 Å². The highest BCUT2D eigenvalue weighted by molar-refractivity contribution is 5.83. The van der Waals surface area contributed by atoms with Crippen molar-refractivity contribution < 1.29 is 4.79 Å². The van der Waals surface area contributed by atoms with Gasteiger partial charge in [-0.1, -0.05) is 6.92 Å². The Bertz CT molecular complexity index is 321. The number of carbonyl (C=O) groups excluding carboxylic acids is 1. The molecule has 17 heavy (non-hydrogen) atoms. The lowest BCUT2D eigenvalue weighted by Crippen LogP contribution is -2.45. The number of nitrogens with one attached hydrogen (secondary N) is 1. The second-order valence-electron chi connectivity index (χ2n) is 6.61. The molecule has 0 heterocycles. The van der Waals surface area contributed by atoms with Gasteiger partial charge in [0.25, 0.3) is 0 Å². The van der Waals surface area contributed by atoms with Crippen LogP contribution in [0.5, 0.6) is 0 Å². The van der Waals surface area contributed by atoms with Crippen molar-refractivity contribution >= 4 is 5.91 Å². The van der Waals surface area contributed by atoms with Crippen LogP contribution in [0, 0.1) is 29.1 Å². The molecule has 0 aromatic rings. The second kappa shape index (κ2) is 3.71. The van der Waals surface area contributed by atoms with Crippen molar-refractivity contribution in [2.45, 2.75) is 45.6 Å². The number of carbonyl (C=O) groups is 1. The zero-order valence-electron chi connectivity index (χ0n) is 10.9. The predicted octanol–water partition coefficient (Wildman–Crippen LogP) is 1.52. The maximum absolute atomic E-state index is 12.3. The summed E-state index contributed by atoms with van der Waals surface area (Å²) in [5, 5.41) is 3.28. The number of amides is 1. The van der Waals surface area contributed by atoms with Crippen LogP contribution in [0.1, 0.15) is 39.5 Å². The summed E-state index contributed by atoms with van der Waals surface area (Å²) in [4.78, 5) is 12.3. The maximum Gasteiger partial charge on any atom is 0.227 e. The van der Waals surface area contributed by atoms with E-state index in [0.29, 0.717) is 12.6 Å². The molecule has 3 N–H and O–H groups in total. The fourth-order valence-electron chi connectivity index (χ4n) is 4.24. The molecule has 3 heteroatoms. The van der Waals surface area contributed by atoms with Crippen molar-refractivity contribution in [3.05, 3.63) is 0 Å². The summed E-state index contributed by atoms with van der Waals surface area (Å²) < 4.78 is 0. The van der Waals surface area contributed by atoms with Gasteiger partial charge >= 0.3 is 0 Å². The normalized spacial score (nSPS) is 45.2. The summed E-state index contributed by atoms with van der Waals surface area (Å²) >= 11 is 0. The van der Waals surface area contributed by atoms with Crippen LogP contribution in [0.4, 0.5) is 0 Å². The number of nitrogens with two attached hydrogens (primary N) is 1. The molecular formula is C14H24N2O. The van der Waals surface area contributed by atoms with Crippen LogP contribution in [-0.4, -0.2) is 18.5 Å². The molecule has 3 rings (SSSR count). The average molecular weight is 236 g/mol. The fourth-order valence-corrected chi connectivity index (χ4v) is 4.24. The molecule has 3 aliphatic rings. The Balaban J connectivity index is 1.61. The summed E-state index contributed by atoms with van der Waals surface area (Å²) in [6, 6.07) is 0.492. The number of hydrogen-bond acceptors (Lipinski definition) is 2. The monoisotopic (exact) mass is 236 g/mol. The summed E-state index contributed by atoms with van der Waals surface area (Å²) in [6.07, 6.45) is 5.06. The second-order valence-corrected chi connectivity index (χ2v) is 6.61. The minimum Gasteiger partial charge on any atom is -0.352 e. The highest BCUT2D eigenvalue weighted by atomic mass is 16.2. The van der Waals surface area contributed by atoms with E-state index in [0.717, 1.165) is 30.1 Å². The molecule has 3 fully saturated rings. The lowest BCUT2D eigenvalue weighted by molar-refractivity contribution is -0.130. The Morgan fingerprint density at radius 1 is 1.35 bits per heavy atom. The van der Waals surface area contributed by atoms with Gasteiger partial charge in [0.2, 0.25) is 5.91 Å². The van der Waals surface area contributed by atoms with Crippen LogP contribution in [0.3, 0.4) is 0 Å². The van der Waals surface area contributed by atoms with Gasteiger partial charge in [-0.25, -0.2) is 0 Å². The Labute approximate surface area is 104 Å². The predicted molar refractivity (Wildman–Crippen MR) is 67.2 cm³/mol. The molecule has 0 saturated heterocycles. The lowest BCUT2D eigenvalue weighted by atomic mass is 9.86. The van der Waals surface area contributed by atoms with Crippen LogP contribution in [0.25, 0.3) is 0 Å². The SMILES string of the molecule is CCC(C)(CN)C(=O)NC1C2C3CCC(C3)C12. The quantitative estimate of drug-likeness (QED) is 0.777. The van der Waals surface area contributed by atoms with E-state index in [1.54, 1.807) is 0 Å². The molecule has 0 aromatic carbocycles. The van der Waals surface area contributed by atoms with E-state index < -0.39 is 0 Å². The summed E-state index contributed by atoms with van der Waals surface area (Å²) in [6.45, 7) is 4.48. The topological polar surface area (TPSA) is 55.1 Å². The van der Waals surface area contributed by atoms with Crippen LogP contribution in [0.15, 0.2) is 0 Å². The first-order valence-electron chi connectivity index (χ1n) is 7.11. The molecular weight excluding hydrogens is 212 g/mol. The Hall–Kier alpha value is -0.570. The molecule has 0 spiro atoms. The van der Waals surface area contributed by atoms with Gasteiger partial charge in [0, 0.05) is 12.6 Å². The van der Waals surface area contributed by atoms with Gasteiger partial charge in [0.1, 0.15) is 0 Å². The van der Waals surface area contributed by atoms with Crippen molar-refractivity contribution in [1.29, 1.82) is 0 Å². The first-order chi connectivity index (χ1) is 8.10. The van der Waals surface area contributed by atoms with Gasteiger partial charge < -0.3 is 11.1 Å². The lowest BCUT2D eigenvalue weighted by Gasteiger charge is -2.25. The minimum absolute atomic E-state index is 0.182. The standard InChI is InChI=1S/C14H24N2O/c1-3-14(2,7-15)13(17)16-12-10-8-4-5-9(6-8)11(10)12/h8-12H,3-7,15H2,1-2H3,(H,16,17). The summed E-state index contributed by atoms with van der Waals surface area (Å²) in [5.41, 5.74) is 5.37. The molecule has 3 nitrogen and oxygen atoms in total. The molecule has 0 aromatic heterocycles. The summed E-state index contributed by atoms with van der Waals surface area (Å²) in [5.74, 6) is 3.65. The Morgan fingerprint density at radius 3 is 2.41 bits per heavy atom. The van der Waals surface area contributed by atoms with E-state index in [1.807, 2.05) is 13.8 Å². The molecule has 1 amide bonds. The van der Waals surface area contributed by atoms with Crippen molar-refractivity contribution in [2.75, 3.05) is 6.54 Å². The van der Waals surface area contributed by atoms with Gasteiger partial charge in [0.05, 0.1) is 5.41 Å². The van der Waals surface area contributed by atoms with E-state index in [1.165, 1.54) is 19.3 Å². The third-order valence-electron chi connectivity index (χ3n) is 5.81. The van der Waals surface area contributed by atoms with Crippen molar-refractivity contribution in [1.82, 2.24) is 5.32 Å². The third kappa shape index (κ3) is 1.55. The number of rotatable bonds is 4.